The Bertz CT molecular complexity index is 85.6. The SMILES string of the molecule is OC[C@@H]1CCCN[C@H]1CO. The van der Waals surface area contributed by atoms with Crippen molar-refractivity contribution in [3.63, 3.8) is 0 Å². The van der Waals surface area contributed by atoms with Gasteiger partial charge in [-0.15, -0.1) is 0 Å². The minimum Gasteiger partial charge on any atom is -0.396 e. The summed E-state index contributed by atoms with van der Waals surface area (Å²) in [4.78, 5) is 0. The van der Waals surface area contributed by atoms with Gasteiger partial charge in [0, 0.05) is 12.6 Å². The third-order valence-electron chi connectivity index (χ3n) is 2.16. The first-order chi connectivity index (χ1) is 4.88. The fraction of sp³-hybridized carbons (Fsp3) is 1.00. The molecule has 3 nitrogen and oxygen atoms in total. The Morgan fingerprint density at radius 3 is 2.60 bits per heavy atom. The molecule has 0 saturated carbocycles. The molecule has 1 rings (SSSR count). The van der Waals surface area contributed by atoms with Crippen LogP contribution in [0.5, 0.6) is 0 Å². The molecule has 1 aliphatic heterocycles. The number of aliphatic hydroxyl groups is 2. The highest BCUT2D eigenvalue weighted by Gasteiger charge is 2.22. The van der Waals surface area contributed by atoms with Gasteiger partial charge in [0.1, 0.15) is 0 Å². The van der Waals surface area contributed by atoms with Crippen LogP contribution < -0.4 is 5.32 Å². The van der Waals surface area contributed by atoms with Crippen molar-refractivity contribution in [2.75, 3.05) is 19.8 Å². The van der Waals surface area contributed by atoms with Gasteiger partial charge in [0.25, 0.3) is 0 Å². The number of hydrogen-bond acceptors (Lipinski definition) is 3. The third kappa shape index (κ3) is 1.68. The molecular weight excluding hydrogens is 130 g/mol. The van der Waals surface area contributed by atoms with E-state index in [-0.39, 0.29) is 25.2 Å². The number of hydrogen-bond donors (Lipinski definition) is 3. The standard InChI is InChI=1S/C7H15NO2/c9-4-6-2-1-3-8-7(6)5-10/h6-10H,1-5H2/t6-,7-/m0/s1. The Labute approximate surface area is 61.1 Å². The van der Waals surface area contributed by atoms with Crippen molar-refractivity contribution in [1.29, 1.82) is 0 Å². The van der Waals surface area contributed by atoms with Crippen molar-refractivity contribution < 1.29 is 10.2 Å². The lowest BCUT2D eigenvalue weighted by Gasteiger charge is -2.29. The van der Waals surface area contributed by atoms with Crippen LogP contribution in [-0.4, -0.2) is 36.0 Å². The molecule has 10 heavy (non-hydrogen) atoms. The molecule has 0 aromatic heterocycles. The molecule has 60 valence electrons. The summed E-state index contributed by atoms with van der Waals surface area (Å²) in [5, 5.41) is 20.8. The molecule has 3 heteroatoms. The average molecular weight is 145 g/mol. The zero-order chi connectivity index (χ0) is 7.40. The predicted octanol–water partition coefficient (Wildman–Crippen LogP) is -0.661. The minimum absolute atomic E-state index is 0.124. The Balaban J connectivity index is 2.34. The van der Waals surface area contributed by atoms with E-state index in [1.54, 1.807) is 0 Å². The van der Waals surface area contributed by atoms with Gasteiger partial charge in [-0.05, 0) is 25.3 Å². The van der Waals surface area contributed by atoms with Crippen LogP contribution >= 0.6 is 0 Å². The molecule has 0 amide bonds. The van der Waals surface area contributed by atoms with E-state index < -0.39 is 0 Å². The maximum Gasteiger partial charge on any atom is 0.0588 e. The zero-order valence-corrected chi connectivity index (χ0v) is 6.08. The highest BCUT2D eigenvalue weighted by Crippen LogP contribution is 2.14. The molecule has 1 fully saturated rings. The van der Waals surface area contributed by atoms with E-state index in [1.165, 1.54) is 0 Å². The molecule has 0 radical (unpaired) electrons. The normalized spacial score (nSPS) is 34.2. The third-order valence-corrected chi connectivity index (χ3v) is 2.16. The smallest absolute Gasteiger partial charge is 0.0588 e. The number of nitrogens with one attached hydrogen (secondary N) is 1. The maximum absolute atomic E-state index is 8.84. The topological polar surface area (TPSA) is 52.5 Å². The van der Waals surface area contributed by atoms with Gasteiger partial charge in [-0.2, -0.15) is 0 Å². The monoisotopic (exact) mass is 145 g/mol. The van der Waals surface area contributed by atoms with Crippen molar-refractivity contribution in [1.82, 2.24) is 5.32 Å². The van der Waals surface area contributed by atoms with Gasteiger partial charge in [-0.3, -0.25) is 0 Å². The molecule has 3 N–H and O–H groups in total. The average Bonchev–Trinajstić information content (AvgIpc) is 2.04. The molecule has 0 spiro atoms. The van der Waals surface area contributed by atoms with E-state index in [2.05, 4.69) is 5.32 Å². The van der Waals surface area contributed by atoms with Crippen molar-refractivity contribution in [3.05, 3.63) is 0 Å². The summed E-state index contributed by atoms with van der Waals surface area (Å²) < 4.78 is 0. The second-order valence-corrected chi connectivity index (χ2v) is 2.83. The van der Waals surface area contributed by atoms with Gasteiger partial charge in [0.2, 0.25) is 0 Å². The van der Waals surface area contributed by atoms with Gasteiger partial charge in [-0.1, -0.05) is 0 Å². The molecule has 1 saturated heterocycles. The van der Waals surface area contributed by atoms with Gasteiger partial charge >= 0.3 is 0 Å². The Kier molecular flexibility index (Phi) is 3.12. The number of piperidine rings is 1. The molecule has 1 heterocycles. The molecule has 0 unspecified atom stereocenters. The summed E-state index contributed by atoms with van der Waals surface area (Å²) in [6.45, 7) is 1.31. The summed E-state index contributed by atoms with van der Waals surface area (Å²) in [5.74, 6) is 0.263. The van der Waals surface area contributed by atoms with E-state index in [9.17, 15) is 0 Å². The zero-order valence-electron chi connectivity index (χ0n) is 6.08. The molecule has 0 aromatic rings. The van der Waals surface area contributed by atoms with Crippen LogP contribution in [0.25, 0.3) is 0 Å². The molecular formula is C7H15NO2. The molecule has 0 aliphatic carbocycles. The molecule has 2 atom stereocenters. The van der Waals surface area contributed by atoms with Crippen molar-refractivity contribution in [2.45, 2.75) is 18.9 Å². The number of aliphatic hydroxyl groups excluding tert-OH is 2. The second kappa shape index (κ2) is 3.91. The van der Waals surface area contributed by atoms with Gasteiger partial charge in [0.15, 0.2) is 0 Å². The van der Waals surface area contributed by atoms with Gasteiger partial charge < -0.3 is 15.5 Å². The highest BCUT2D eigenvalue weighted by atomic mass is 16.3. The summed E-state index contributed by atoms with van der Waals surface area (Å²) in [6.07, 6.45) is 2.15. The van der Waals surface area contributed by atoms with E-state index >= 15 is 0 Å². The summed E-state index contributed by atoms with van der Waals surface area (Å²) in [5.41, 5.74) is 0. The lowest BCUT2D eigenvalue weighted by Crippen LogP contribution is -2.45. The molecule has 0 aromatic carbocycles. The van der Waals surface area contributed by atoms with Gasteiger partial charge in [0.05, 0.1) is 6.61 Å². The first-order valence-electron chi connectivity index (χ1n) is 3.83. The van der Waals surface area contributed by atoms with E-state index in [4.69, 9.17) is 10.2 Å². The second-order valence-electron chi connectivity index (χ2n) is 2.83. The van der Waals surface area contributed by atoms with E-state index in [0.717, 1.165) is 19.4 Å². The fourth-order valence-corrected chi connectivity index (χ4v) is 1.45. The van der Waals surface area contributed by atoms with E-state index in [0.29, 0.717) is 0 Å². The van der Waals surface area contributed by atoms with Gasteiger partial charge in [-0.25, -0.2) is 0 Å². The fourth-order valence-electron chi connectivity index (χ4n) is 1.45. The Morgan fingerprint density at radius 2 is 2.10 bits per heavy atom. The van der Waals surface area contributed by atoms with Crippen LogP contribution in [0.15, 0.2) is 0 Å². The summed E-state index contributed by atoms with van der Waals surface area (Å²) in [7, 11) is 0. The number of rotatable bonds is 2. The lowest BCUT2D eigenvalue weighted by molar-refractivity contribution is 0.116. The van der Waals surface area contributed by atoms with Crippen molar-refractivity contribution in [3.8, 4) is 0 Å². The van der Waals surface area contributed by atoms with Crippen LogP contribution in [-0.2, 0) is 0 Å². The first-order valence-corrected chi connectivity index (χ1v) is 3.83. The van der Waals surface area contributed by atoms with Crippen LogP contribution in [0.2, 0.25) is 0 Å². The Morgan fingerprint density at radius 1 is 1.30 bits per heavy atom. The van der Waals surface area contributed by atoms with Crippen LogP contribution in [0.4, 0.5) is 0 Å². The molecule has 1 aliphatic rings. The van der Waals surface area contributed by atoms with Crippen LogP contribution in [0, 0.1) is 5.92 Å². The Hall–Kier alpha value is -0.120. The van der Waals surface area contributed by atoms with Crippen molar-refractivity contribution in [2.24, 2.45) is 5.92 Å². The largest absolute Gasteiger partial charge is 0.396 e. The lowest BCUT2D eigenvalue weighted by atomic mass is 9.92. The minimum atomic E-state index is 0.124. The van der Waals surface area contributed by atoms with Crippen LogP contribution in [0.1, 0.15) is 12.8 Å². The van der Waals surface area contributed by atoms with Crippen molar-refractivity contribution >= 4 is 0 Å². The predicted molar refractivity (Wildman–Crippen MR) is 38.7 cm³/mol. The quantitative estimate of drug-likeness (QED) is 0.483. The molecule has 0 bridgehead atoms. The van der Waals surface area contributed by atoms with Crippen LogP contribution in [0.3, 0.4) is 0 Å². The van der Waals surface area contributed by atoms with E-state index in [1.807, 2.05) is 0 Å². The highest BCUT2D eigenvalue weighted by molar-refractivity contribution is 4.79. The summed E-state index contributed by atoms with van der Waals surface area (Å²) >= 11 is 0. The maximum atomic E-state index is 8.84. The summed E-state index contributed by atoms with van der Waals surface area (Å²) in [6, 6.07) is 0.124. The first kappa shape index (κ1) is 7.98.